The van der Waals surface area contributed by atoms with Crippen molar-refractivity contribution in [1.29, 1.82) is 0 Å². The summed E-state index contributed by atoms with van der Waals surface area (Å²) in [5.74, 6) is 0.227. The van der Waals surface area contributed by atoms with Gasteiger partial charge in [-0.25, -0.2) is 0 Å². The van der Waals surface area contributed by atoms with E-state index in [0.717, 1.165) is 44.5 Å². The Morgan fingerprint density at radius 1 is 0.918 bits per heavy atom. The van der Waals surface area contributed by atoms with Gasteiger partial charge in [-0.1, -0.05) is 29.8 Å². The van der Waals surface area contributed by atoms with Crippen LogP contribution in [-0.4, -0.2) is 63.3 Å². The minimum absolute atomic E-state index is 0.0919. The average molecular weight is 685 g/mol. The fourth-order valence-electron chi connectivity index (χ4n) is 8.43. The third-order valence-electron chi connectivity index (χ3n) is 11.0. The van der Waals surface area contributed by atoms with Crippen LogP contribution in [0.2, 0.25) is 5.02 Å². The molecule has 258 valence electrons. The number of hydrogen-bond donors (Lipinski definition) is 5. The van der Waals surface area contributed by atoms with Crippen molar-refractivity contribution in [1.82, 2.24) is 20.0 Å². The van der Waals surface area contributed by atoms with Gasteiger partial charge in [-0.15, -0.1) is 0 Å². The number of phenols is 1. The molecule has 0 radical (unpaired) electrons. The lowest BCUT2D eigenvalue weighted by Gasteiger charge is -2.41. The smallest absolute Gasteiger partial charge is 0.249 e. The number of amides is 2. The number of fused-ring (bicyclic) bond motifs is 1. The van der Waals surface area contributed by atoms with Crippen LogP contribution in [0.5, 0.6) is 5.75 Å². The van der Waals surface area contributed by atoms with Crippen molar-refractivity contribution >= 4 is 40.4 Å². The molecule has 11 nitrogen and oxygen atoms in total. The van der Waals surface area contributed by atoms with Gasteiger partial charge in [0.25, 0.3) is 0 Å². The number of imide groups is 1. The zero-order valence-corrected chi connectivity index (χ0v) is 28.4. The van der Waals surface area contributed by atoms with Gasteiger partial charge < -0.3 is 32.1 Å². The number of nitrogens with zero attached hydrogens (tertiary/aromatic N) is 4. The molecule has 2 saturated heterocycles. The topological polar surface area (TPSA) is 169 Å². The number of nitrogens with one attached hydrogen (secondary N) is 1. The van der Waals surface area contributed by atoms with Crippen LogP contribution in [0.3, 0.4) is 0 Å². The molecule has 2 aromatic carbocycles. The first-order valence-corrected chi connectivity index (χ1v) is 17.8. The number of nitrogens with two attached hydrogens (primary N) is 3. The Kier molecular flexibility index (Phi) is 9.30. The Morgan fingerprint density at radius 2 is 1.67 bits per heavy atom. The van der Waals surface area contributed by atoms with Gasteiger partial charge in [0.15, 0.2) is 0 Å². The first kappa shape index (κ1) is 33.0. The number of phenolic OH excluding ortho intramolecular Hbond substituents is 1. The number of anilines is 1. The summed E-state index contributed by atoms with van der Waals surface area (Å²) >= 11 is 6.08. The van der Waals surface area contributed by atoms with Gasteiger partial charge in [0, 0.05) is 66.4 Å². The van der Waals surface area contributed by atoms with Crippen molar-refractivity contribution in [3.63, 3.8) is 0 Å². The van der Waals surface area contributed by atoms with Crippen molar-refractivity contribution in [3.8, 4) is 5.75 Å². The number of allylic oxidation sites excluding steroid dienone is 2. The van der Waals surface area contributed by atoms with Gasteiger partial charge in [-0.05, 0) is 92.7 Å². The quantitative estimate of drug-likeness (QED) is 0.179. The Hall–Kier alpha value is -4.48. The van der Waals surface area contributed by atoms with Crippen LogP contribution in [0.15, 0.2) is 60.7 Å². The third-order valence-corrected chi connectivity index (χ3v) is 11.3. The first-order valence-electron chi connectivity index (χ1n) is 17.4. The fourth-order valence-corrected chi connectivity index (χ4v) is 8.61. The molecule has 4 aliphatic rings. The molecule has 1 unspecified atom stereocenters. The molecule has 12 heteroatoms. The van der Waals surface area contributed by atoms with Crippen LogP contribution in [-0.2, 0) is 16.0 Å². The molecule has 3 fully saturated rings. The molecule has 3 aliphatic heterocycles. The van der Waals surface area contributed by atoms with E-state index in [1.165, 1.54) is 42.5 Å². The van der Waals surface area contributed by atoms with Crippen molar-refractivity contribution in [3.05, 3.63) is 88.0 Å². The number of aromatic hydroxyl groups is 1. The van der Waals surface area contributed by atoms with E-state index in [4.69, 9.17) is 28.8 Å². The highest BCUT2D eigenvalue weighted by Gasteiger charge is 2.37. The van der Waals surface area contributed by atoms with E-state index >= 15 is 0 Å². The maximum absolute atomic E-state index is 12.6. The number of halogens is 1. The van der Waals surface area contributed by atoms with E-state index in [1.807, 2.05) is 10.9 Å². The number of rotatable bonds is 7. The standard InChI is InChI=1S/C37H45ClN8O3/c38-30-5-1-4-28(35(30)48)31(39)19-29(36(40)41)23-20-42-46(21-23)25-13-16-44(17-14-25)24-9-7-22(8-10-24)26-3-2-6-32-27(26)15-18-45(32)33-11-12-34(47)43-37(33)49/h1-6,19-22,24-25,33,48H,7-18,39-41H2,(H,43,47,49)/b31-19-. The second kappa shape index (κ2) is 13.8. The molecule has 4 heterocycles. The number of hydrogen-bond acceptors (Lipinski definition) is 9. The SMILES string of the molecule is NC(N)=C(/C=C(\N)c1cccc(Cl)c1O)c1cnn(C2CCN(C3CCC(c4cccc5c4CCN5C4CCC(=O)NC4=O)CC3)CC2)c1. The zero-order valence-electron chi connectivity index (χ0n) is 27.7. The number of benzene rings is 2. The van der Waals surface area contributed by atoms with Crippen LogP contribution < -0.4 is 27.4 Å². The predicted molar refractivity (Wildman–Crippen MR) is 191 cm³/mol. The summed E-state index contributed by atoms with van der Waals surface area (Å²) in [6.45, 7) is 2.88. The molecule has 1 atom stereocenters. The summed E-state index contributed by atoms with van der Waals surface area (Å²) < 4.78 is 2.02. The lowest BCUT2D eigenvalue weighted by molar-refractivity contribution is -0.134. The van der Waals surface area contributed by atoms with E-state index in [-0.39, 0.29) is 40.5 Å². The highest BCUT2D eigenvalue weighted by Crippen LogP contribution is 2.42. The molecule has 8 N–H and O–H groups in total. The third kappa shape index (κ3) is 6.61. The lowest BCUT2D eigenvalue weighted by Crippen LogP contribution is -2.52. The molecular weight excluding hydrogens is 640 g/mol. The van der Waals surface area contributed by atoms with E-state index in [0.29, 0.717) is 41.6 Å². The molecule has 7 rings (SSSR count). The maximum Gasteiger partial charge on any atom is 0.249 e. The number of piperidine rings is 2. The maximum atomic E-state index is 12.6. The second-order valence-electron chi connectivity index (χ2n) is 13.8. The normalized spacial score (nSPS) is 23.7. The Labute approximate surface area is 291 Å². The van der Waals surface area contributed by atoms with Crippen molar-refractivity contribution in [2.24, 2.45) is 17.2 Å². The van der Waals surface area contributed by atoms with Gasteiger partial charge in [-0.2, -0.15) is 5.10 Å². The van der Waals surface area contributed by atoms with Crippen LogP contribution in [0.25, 0.3) is 11.3 Å². The highest BCUT2D eigenvalue weighted by molar-refractivity contribution is 6.32. The van der Waals surface area contributed by atoms with Crippen LogP contribution in [0.4, 0.5) is 5.69 Å². The molecule has 0 spiro atoms. The number of carbonyl (C=O) groups is 2. The summed E-state index contributed by atoms with van der Waals surface area (Å²) in [5.41, 5.74) is 24.5. The van der Waals surface area contributed by atoms with Crippen molar-refractivity contribution in [2.45, 2.75) is 81.8 Å². The van der Waals surface area contributed by atoms with Gasteiger partial charge >= 0.3 is 0 Å². The summed E-state index contributed by atoms with van der Waals surface area (Å²) in [6, 6.07) is 12.2. The molecular formula is C37H45ClN8O3. The Balaban J connectivity index is 0.947. The summed E-state index contributed by atoms with van der Waals surface area (Å²) in [5, 5.41) is 17.8. The van der Waals surface area contributed by atoms with Crippen molar-refractivity contribution < 1.29 is 14.7 Å². The Bertz CT molecular complexity index is 1800. The summed E-state index contributed by atoms with van der Waals surface area (Å²) in [6.07, 6.45) is 14.0. The van der Waals surface area contributed by atoms with E-state index in [1.54, 1.807) is 30.5 Å². The highest BCUT2D eigenvalue weighted by atomic mass is 35.5. The minimum Gasteiger partial charge on any atom is -0.506 e. The summed E-state index contributed by atoms with van der Waals surface area (Å²) in [4.78, 5) is 29.2. The van der Waals surface area contributed by atoms with E-state index in [9.17, 15) is 14.7 Å². The molecule has 1 saturated carbocycles. The molecule has 0 bridgehead atoms. The summed E-state index contributed by atoms with van der Waals surface area (Å²) in [7, 11) is 0. The lowest BCUT2D eigenvalue weighted by atomic mass is 9.79. The fraction of sp³-hybridized carbons (Fsp3) is 0.432. The zero-order chi connectivity index (χ0) is 34.2. The first-order chi connectivity index (χ1) is 23.7. The number of aromatic nitrogens is 2. The minimum atomic E-state index is -0.260. The van der Waals surface area contributed by atoms with Crippen LogP contribution in [0.1, 0.15) is 85.6 Å². The molecule has 2 amide bonds. The number of carbonyl (C=O) groups excluding carboxylic acids is 2. The second-order valence-corrected chi connectivity index (χ2v) is 14.2. The molecule has 3 aromatic rings. The predicted octanol–water partition coefficient (Wildman–Crippen LogP) is 4.36. The number of likely N-dealkylation sites (tertiary alicyclic amines) is 1. The van der Waals surface area contributed by atoms with Gasteiger partial charge in [0.05, 0.1) is 17.3 Å². The largest absolute Gasteiger partial charge is 0.506 e. The van der Waals surface area contributed by atoms with Gasteiger partial charge in [-0.3, -0.25) is 19.6 Å². The van der Waals surface area contributed by atoms with Crippen molar-refractivity contribution in [2.75, 3.05) is 24.5 Å². The number of para-hydroxylation sites is 1. The van der Waals surface area contributed by atoms with Gasteiger partial charge in [0.1, 0.15) is 17.6 Å². The molecule has 1 aliphatic carbocycles. The van der Waals surface area contributed by atoms with Crippen LogP contribution in [0, 0.1) is 0 Å². The monoisotopic (exact) mass is 684 g/mol. The molecule has 49 heavy (non-hydrogen) atoms. The van der Waals surface area contributed by atoms with E-state index in [2.05, 4.69) is 38.4 Å². The molecule has 1 aromatic heterocycles. The average Bonchev–Trinajstić information content (AvgIpc) is 3.77. The van der Waals surface area contributed by atoms with E-state index < -0.39 is 0 Å². The van der Waals surface area contributed by atoms with Crippen LogP contribution >= 0.6 is 11.6 Å². The van der Waals surface area contributed by atoms with Gasteiger partial charge in [0.2, 0.25) is 11.8 Å². The Morgan fingerprint density at radius 3 is 2.41 bits per heavy atom.